The monoisotopic (exact) mass is 674 g/mol. The van der Waals surface area contributed by atoms with E-state index in [4.69, 9.17) is 14.8 Å². The molecule has 51 heavy (non-hydrogen) atoms. The summed E-state index contributed by atoms with van der Waals surface area (Å²) in [6, 6.07) is 32.6. The summed E-state index contributed by atoms with van der Waals surface area (Å²) in [4.78, 5) is 4.84. The lowest BCUT2D eigenvalue weighted by molar-refractivity contribution is 0.481. The Kier molecular flexibility index (Phi) is 9.32. The number of pyridine rings is 1. The van der Waals surface area contributed by atoms with Crippen molar-refractivity contribution in [2.24, 2.45) is 0 Å². The van der Waals surface area contributed by atoms with Crippen molar-refractivity contribution in [2.45, 2.75) is 92.9 Å². The van der Waals surface area contributed by atoms with Crippen LogP contribution in [-0.4, -0.2) is 19.3 Å². The first-order valence-corrected chi connectivity index (χ1v) is 18.6. The van der Waals surface area contributed by atoms with Crippen molar-refractivity contribution in [1.82, 2.24) is 19.3 Å². The van der Waals surface area contributed by atoms with Gasteiger partial charge in [0.1, 0.15) is 17.3 Å². The predicted octanol–water partition coefficient (Wildman–Crippen LogP) is 12.8. The Morgan fingerprint density at radius 1 is 0.667 bits per heavy atom. The van der Waals surface area contributed by atoms with Gasteiger partial charge in [-0.1, -0.05) is 91.3 Å². The Bertz CT molecular complexity index is 2350. The number of nitrogens with zero attached hydrogens (tertiary/aromatic N) is 4. The molecule has 3 heterocycles. The van der Waals surface area contributed by atoms with Crippen LogP contribution in [0.15, 0.2) is 97.2 Å². The van der Waals surface area contributed by atoms with E-state index in [2.05, 4.69) is 163 Å². The number of para-hydroxylation sites is 1. The third-order valence-electron chi connectivity index (χ3n) is 10.2. The van der Waals surface area contributed by atoms with E-state index in [1.807, 2.05) is 6.20 Å². The zero-order valence-corrected chi connectivity index (χ0v) is 31.6. The summed E-state index contributed by atoms with van der Waals surface area (Å²) in [6.45, 7) is 20.2. The van der Waals surface area contributed by atoms with Gasteiger partial charge in [0.25, 0.3) is 0 Å². The first-order chi connectivity index (χ1) is 24.5. The highest BCUT2D eigenvalue weighted by Gasteiger charge is 2.23. The van der Waals surface area contributed by atoms with E-state index in [9.17, 15) is 0 Å². The second-order valence-corrected chi connectivity index (χ2v) is 14.9. The molecule has 0 unspecified atom stereocenters. The molecule has 0 atom stereocenters. The maximum absolute atomic E-state index is 6.78. The van der Waals surface area contributed by atoms with E-state index in [-0.39, 0.29) is 0 Å². The third-order valence-corrected chi connectivity index (χ3v) is 10.2. The maximum Gasteiger partial charge on any atom is 0.137 e. The van der Waals surface area contributed by atoms with Crippen molar-refractivity contribution in [1.29, 1.82) is 0 Å². The normalized spacial score (nSPS) is 11.9. The van der Waals surface area contributed by atoms with Crippen molar-refractivity contribution < 1.29 is 4.74 Å². The first kappa shape index (κ1) is 34.3. The van der Waals surface area contributed by atoms with Gasteiger partial charge in [-0.2, -0.15) is 5.10 Å². The molecule has 0 fully saturated rings. The van der Waals surface area contributed by atoms with Crippen LogP contribution >= 0.6 is 0 Å². The van der Waals surface area contributed by atoms with Gasteiger partial charge < -0.3 is 4.74 Å². The van der Waals surface area contributed by atoms with Crippen LogP contribution < -0.4 is 4.74 Å². The van der Waals surface area contributed by atoms with Gasteiger partial charge in [-0.25, -0.2) is 9.67 Å². The Morgan fingerprint density at radius 3 is 2.10 bits per heavy atom. The van der Waals surface area contributed by atoms with Crippen molar-refractivity contribution in [3.05, 3.63) is 131 Å². The molecule has 0 aliphatic carbocycles. The molecule has 7 rings (SSSR count). The molecule has 5 heteroatoms. The van der Waals surface area contributed by atoms with Gasteiger partial charge in [-0.3, -0.25) is 4.57 Å². The van der Waals surface area contributed by atoms with E-state index in [0.29, 0.717) is 17.8 Å². The molecular weight excluding hydrogens is 625 g/mol. The largest absolute Gasteiger partial charge is 0.457 e. The lowest BCUT2D eigenvalue weighted by Crippen LogP contribution is -2.03. The van der Waals surface area contributed by atoms with Crippen LogP contribution in [0.25, 0.3) is 44.4 Å². The fraction of sp³-hybridized carbons (Fsp3) is 0.304. The van der Waals surface area contributed by atoms with Gasteiger partial charge in [-0.05, 0) is 108 Å². The highest BCUT2D eigenvalue weighted by molar-refractivity contribution is 6.09. The lowest BCUT2D eigenvalue weighted by Gasteiger charge is -2.20. The van der Waals surface area contributed by atoms with Gasteiger partial charge in [-0.15, -0.1) is 0 Å². The van der Waals surface area contributed by atoms with Crippen molar-refractivity contribution in [2.75, 3.05) is 0 Å². The number of benzene rings is 4. The molecule has 7 aromatic rings. The second kappa shape index (κ2) is 13.9. The molecule has 0 saturated heterocycles. The molecule has 4 aromatic carbocycles. The molecule has 0 saturated carbocycles. The fourth-order valence-corrected chi connectivity index (χ4v) is 7.64. The van der Waals surface area contributed by atoms with E-state index < -0.39 is 0 Å². The summed E-state index contributed by atoms with van der Waals surface area (Å²) in [6.07, 6.45) is 4.04. The number of hydrogen-bond acceptors (Lipinski definition) is 3. The summed E-state index contributed by atoms with van der Waals surface area (Å²) in [5.74, 6) is 3.61. The van der Waals surface area contributed by atoms with Crippen LogP contribution in [0.3, 0.4) is 0 Å². The molecule has 0 radical (unpaired) electrons. The Hall–Kier alpha value is -5.16. The van der Waals surface area contributed by atoms with Crippen molar-refractivity contribution in [3.63, 3.8) is 0 Å². The molecule has 0 aliphatic heterocycles. The van der Waals surface area contributed by atoms with Crippen LogP contribution in [0.5, 0.6) is 11.5 Å². The van der Waals surface area contributed by atoms with Crippen LogP contribution in [0.4, 0.5) is 0 Å². The Labute approximate surface area is 302 Å². The molecule has 5 nitrogen and oxygen atoms in total. The topological polar surface area (TPSA) is 44.9 Å². The zero-order valence-electron chi connectivity index (χ0n) is 31.6. The number of hydrogen-bond donors (Lipinski definition) is 0. The van der Waals surface area contributed by atoms with Gasteiger partial charge >= 0.3 is 0 Å². The molecule has 0 bridgehead atoms. The first-order valence-electron chi connectivity index (χ1n) is 18.6. The number of aromatic nitrogens is 4. The standard InChI is InChI=1S/C46H50N4O/c1-10-14-33-21-22-47-44(23-33)49-42-18-12-11-15-40(42)41-20-19-36(27-43(41)49)51-37-25-34(28(2)3)24-35(26-37)50-32(9)45(31(8)48-50)46-38(29(4)5)16-13-17-39(46)30(6)7/h11-13,15-30H,10,14H2,1-9H3. The zero-order chi connectivity index (χ0) is 36.0. The third kappa shape index (κ3) is 6.35. The van der Waals surface area contributed by atoms with Gasteiger partial charge in [0.05, 0.1) is 22.4 Å². The number of fused-ring (bicyclic) bond motifs is 3. The van der Waals surface area contributed by atoms with Crippen molar-refractivity contribution >= 4 is 21.8 Å². The summed E-state index contributed by atoms with van der Waals surface area (Å²) in [7, 11) is 0. The molecule has 0 aliphatic rings. The number of rotatable bonds is 10. The van der Waals surface area contributed by atoms with Crippen molar-refractivity contribution in [3.8, 4) is 34.1 Å². The van der Waals surface area contributed by atoms with Crippen LogP contribution in [0, 0.1) is 13.8 Å². The fourth-order valence-electron chi connectivity index (χ4n) is 7.64. The van der Waals surface area contributed by atoms with E-state index in [1.165, 1.54) is 44.2 Å². The van der Waals surface area contributed by atoms with Gasteiger partial charge in [0.2, 0.25) is 0 Å². The quantitative estimate of drug-likeness (QED) is 0.145. The smallest absolute Gasteiger partial charge is 0.137 e. The highest BCUT2D eigenvalue weighted by atomic mass is 16.5. The summed E-state index contributed by atoms with van der Waals surface area (Å²) < 4.78 is 11.2. The lowest BCUT2D eigenvalue weighted by atomic mass is 9.84. The van der Waals surface area contributed by atoms with E-state index in [1.54, 1.807) is 0 Å². The van der Waals surface area contributed by atoms with E-state index in [0.717, 1.165) is 58.3 Å². The summed E-state index contributed by atoms with van der Waals surface area (Å²) in [5.41, 5.74) is 13.2. The minimum atomic E-state index is 0.310. The average molecular weight is 675 g/mol. The molecule has 3 aromatic heterocycles. The SMILES string of the molecule is CCCc1ccnc(-n2c3ccccc3c3ccc(Oc4cc(C(C)C)cc(-n5nc(C)c(-c6c(C(C)C)cccc6C(C)C)c5C)c4)cc32)c1. The minimum absolute atomic E-state index is 0.310. The van der Waals surface area contributed by atoms with Gasteiger partial charge in [0, 0.05) is 40.4 Å². The predicted molar refractivity (Wildman–Crippen MR) is 213 cm³/mol. The van der Waals surface area contributed by atoms with Crippen LogP contribution in [-0.2, 0) is 6.42 Å². The maximum atomic E-state index is 6.78. The second-order valence-electron chi connectivity index (χ2n) is 14.9. The van der Waals surface area contributed by atoms with E-state index >= 15 is 0 Å². The summed E-state index contributed by atoms with van der Waals surface area (Å²) >= 11 is 0. The average Bonchev–Trinajstić information content (AvgIpc) is 3.60. The molecule has 0 spiro atoms. The van der Waals surface area contributed by atoms with Crippen LogP contribution in [0.2, 0.25) is 0 Å². The Morgan fingerprint density at radius 2 is 1.39 bits per heavy atom. The van der Waals surface area contributed by atoms with Gasteiger partial charge in [0.15, 0.2) is 0 Å². The Balaban J connectivity index is 1.34. The minimum Gasteiger partial charge on any atom is -0.457 e. The summed E-state index contributed by atoms with van der Waals surface area (Å²) in [5, 5.41) is 7.56. The number of aryl methyl sites for hydroxylation is 2. The highest BCUT2D eigenvalue weighted by Crippen LogP contribution is 2.41. The molecular formula is C46H50N4O. The molecule has 0 amide bonds. The number of ether oxygens (including phenoxy) is 1. The van der Waals surface area contributed by atoms with Crippen LogP contribution in [0.1, 0.15) is 106 Å². The molecule has 260 valence electrons. The molecule has 0 N–H and O–H groups in total.